The molecule has 134 valence electrons. The minimum atomic E-state index is -0.173. The maximum Gasteiger partial charge on any atom is 0.257 e. The molecule has 0 spiro atoms. The number of rotatable bonds is 4. The number of nitrogens with zero attached hydrogens (tertiary/aromatic N) is 3. The van der Waals surface area contributed by atoms with Crippen LogP contribution < -0.4 is 10.1 Å². The van der Waals surface area contributed by atoms with Crippen molar-refractivity contribution < 1.29 is 9.53 Å². The highest BCUT2D eigenvalue weighted by Gasteiger charge is 2.21. The Morgan fingerprint density at radius 2 is 2.08 bits per heavy atom. The van der Waals surface area contributed by atoms with Gasteiger partial charge in [-0.3, -0.25) is 4.79 Å². The third-order valence-electron chi connectivity index (χ3n) is 5.05. The van der Waals surface area contributed by atoms with Crippen LogP contribution in [-0.2, 0) is 19.4 Å². The van der Waals surface area contributed by atoms with Crippen LogP contribution in [0.15, 0.2) is 30.5 Å². The van der Waals surface area contributed by atoms with Crippen molar-refractivity contribution in [2.24, 2.45) is 0 Å². The van der Waals surface area contributed by atoms with E-state index in [0.29, 0.717) is 17.8 Å². The van der Waals surface area contributed by atoms with Gasteiger partial charge in [0.2, 0.25) is 0 Å². The largest absolute Gasteiger partial charge is 0.496 e. The third kappa shape index (κ3) is 2.81. The molecule has 0 radical (unpaired) electrons. The number of hydrogen-bond donors (Lipinski definition) is 1. The Morgan fingerprint density at radius 3 is 2.92 bits per heavy atom. The van der Waals surface area contributed by atoms with Gasteiger partial charge in [-0.05, 0) is 44.2 Å². The van der Waals surface area contributed by atoms with E-state index in [0.717, 1.165) is 42.0 Å². The molecule has 0 unspecified atom stereocenters. The normalized spacial score (nSPS) is 13.5. The van der Waals surface area contributed by atoms with Crippen LogP contribution in [0.1, 0.15) is 45.7 Å². The Balaban J connectivity index is 1.62. The first kappa shape index (κ1) is 16.6. The molecule has 3 aromatic rings. The van der Waals surface area contributed by atoms with Gasteiger partial charge in [0.15, 0.2) is 5.65 Å². The first-order chi connectivity index (χ1) is 12.7. The summed E-state index contributed by atoms with van der Waals surface area (Å²) in [5.74, 6) is 0.587. The number of fused-ring (bicyclic) bond motifs is 2. The summed E-state index contributed by atoms with van der Waals surface area (Å²) in [6.45, 7) is 2.45. The summed E-state index contributed by atoms with van der Waals surface area (Å²) in [7, 11) is 1.63. The van der Waals surface area contributed by atoms with Gasteiger partial charge in [-0.1, -0.05) is 18.2 Å². The zero-order valence-corrected chi connectivity index (χ0v) is 15.1. The summed E-state index contributed by atoms with van der Waals surface area (Å²) in [5, 5.41) is 7.36. The van der Waals surface area contributed by atoms with Gasteiger partial charge in [-0.15, -0.1) is 0 Å². The highest BCUT2D eigenvalue weighted by Crippen LogP contribution is 2.25. The average molecular weight is 350 g/mol. The number of benzene rings is 1. The highest BCUT2D eigenvalue weighted by molar-refractivity contribution is 5.99. The number of carbonyl (C=O) groups excluding carboxylic acids is 1. The van der Waals surface area contributed by atoms with Gasteiger partial charge in [-0.2, -0.15) is 5.10 Å². The standard InChI is InChI=1S/C20H22N4O2/c1-13-15-8-4-5-9-17(15)23-19-16(12-22-24(13)19)20(25)21-11-14-7-3-6-10-18(14)26-2/h3,6-7,10,12H,4-5,8-9,11H2,1-2H3,(H,21,25). The smallest absolute Gasteiger partial charge is 0.257 e. The van der Waals surface area contributed by atoms with Crippen molar-refractivity contribution >= 4 is 11.6 Å². The summed E-state index contributed by atoms with van der Waals surface area (Å²) >= 11 is 0. The van der Waals surface area contributed by atoms with Crippen molar-refractivity contribution in [1.29, 1.82) is 0 Å². The van der Waals surface area contributed by atoms with Crippen molar-refractivity contribution in [1.82, 2.24) is 19.9 Å². The summed E-state index contributed by atoms with van der Waals surface area (Å²) < 4.78 is 7.13. The van der Waals surface area contributed by atoms with Gasteiger partial charge in [0.25, 0.3) is 5.91 Å². The summed E-state index contributed by atoms with van der Waals surface area (Å²) in [4.78, 5) is 17.5. The molecule has 0 atom stereocenters. The van der Waals surface area contributed by atoms with E-state index in [1.54, 1.807) is 17.8 Å². The Kier molecular flexibility index (Phi) is 4.32. The number of nitrogens with one attached hydrogen (secondary N) is 1. The van der Waals surface area contributed by atoms with Gasteiger partial charge in [-0.25, -0.2) is 9.50 Å². The van der Waals surface area contributed by atoms with Gasteiger partial charge in [0.1, 0.15) is 11.3 Å². The minimum Gasteiger partial charge on any atom is -0.496 e. The molecular formula is C20H22N4O2. The fraction of sp³-hybridized carbons (Fsp3) is 0.350. The van der Waals surface area contributed by atoms with Crippen molar-refractivity contribution in [3.8, 4) is 5.75 Å². The summed E-state index contributed by atoms with van der Waals surface area (Å²) in [6.07, 6.45) is 5.96. The van der Waals surface area contributed by atoms with Crippen LogP contribution in [0.2, 0.25) is 0 Å². The second-order valence-electron chi connectivity index (χ2n) is 6.62. The first-order valence-corrected chi connectivity index (χ1v) is 8.95. The third-order valence-corrected chi connectivity index (χ3v) is 5.05. The van der Waals surface area contributed by atoms with Gasteiger partial charge >= 0.3 is 0 Å². The lowest BCUT2D eigenvalue weighted by Crippen LogP contribution is -2.23. The molecule has 1 aliphatic rings. The number of ether oxygens (including phenoxy) is 1. The molecule has 2 aromatic heterocycles. The van der Waals surface area contributed by atoms with Crippen LogP contribution in [0, 0.1) is 6.92 Å². The molecule has 0 aliphatic heterocycles. The van der Waals surface area contributed by atoms with Crippen LogP contribution >= 0.6 is 0 Å². The molecule has 6 nitrogen and oxygen atoms in total. The molecule has 1 aromatic carbocycles. The van der Waals surface area contributed by atoms with Crippen LogP contribution in [-0.4, -0.2) is 27.6 Å². The van der Waals surface area contributed by atoms with E-state index in [1.165, 1.54) is 12.0 Å². The van der Waals surface area contributed by atoms with Crippen molar-refractivity contribution in [2.75, 3.05) is 7.11 Å². The lowest BCUT2D eigenvalue weighted by Gasteiger charge is -2.17. The van der Waals surface area contributed by atoms with Crippen LogP contribution in [0.5, 0.6) is 5.75 Å². The second-order valence-corrected chi connectivity index (χ2v) is 6.62. The monoisotopic (exact) mass is 350 g/mol. The number of aryl methyl sites for hydroxylation is 2. The molecule has 4 rings (SSSR count). The second kappa shape index (κ2) is 6.78. The van der Waals surface area contributed by atoms with E-state index in [9.17, 15) is 4.79 Å². The molecule has 0 fully saturated rings. The molecule has 0 bridgehead atoms. The predicted molar refractivity (Wildman–Crippen MR) is 98.5 cm³/mol. The summed E-state index contributed by atoms with van der Waals surface area (Å²) in [5.41, 5.74) is 5.57. The zero-order valence-electron chi connectivity index (χ0n) is 15.1. The van der Waals surface area contributed by atoms with Crippen LogP contribution in [0.4, 0.5) is 0 Å². The average Bonchev–Trinajstić information content (AvgIpc) is 3.11. The molecule has 1 amide bonds. The van der Waals surface area contributed by atoms with E-state index < -0.39 is 0 Å². The lowest BCUT2D eigenvalue weighted by molar-refractivity contribution is 0.0952. The van der Waals surface area contributed by atoms with Crippen molar-refractivity contribution in [3.63, 3.8) is 0 Å². The zero-order chi connectivity index (χ0) is 18.1. The minimum absolute atomic E-state index is 0.173. The van der Waals surface area contributed by atoms with Gasteiger partial charge in [0, 0.05) is 23.5 Å². The molecule has 0 saturated carbocycles. The number of hydrogen-bond acceptors (Lipinski definition) is 4. The van der Waals surface area contributed by atoms with Crippen molar-refractivity contribution in [2.45, 2.75) is 39.2 Å². The Bertz CT molecular complexity index is 977. The highest BCUT2D eigenvalue weighted by atomic mass is 16.5. The number of amides is 1. The molecule has 1 aliphatic carbocycles. The number of aromatic nitrogens is 3. The van der Waals surface area contributed by atoms with E-state index in [1.807, 2.05) is 24.3 Å². The molecule has 6 heteroatoms. The Morgan fingerprint density at radius 1 is 1.27 bits per heavy atom. The van der Waals surface area contributed by atoms with E-state index in [-0.39, 0.29) is 5.91 Å². The number of para-hydroxylation sites is 1. The maximum atomic E-state index is 12.7. The Labute approximate surface area is 152 Å². The molecule has 0 saturated heterocycles. The van der Waals surface area contributed by atoms with E-state index >= 15 is 0 Å². The van der Waals surface area contributed by atoms with Crippen LogP contribution in [0.3, 0.4) is 0 Å². The van der Waals surface area contributed by atoms with E-state index in [4.69, 9.17) is 9.72 Å². The summed E-state index contributed by atoms with van der Waals surface area (Å²) in [6, 6.07) is 7.66. The fourth-order valence-electron chi connectivity index (χ4n) is 3.63. The Hall–Kier alpha value is -2.89. The van der Waals surface area contributed by atoms with Gasteiger partial charge < -0.3 is 10.1 Å². The predicted octanol–water partition coefficient (Wildman–Crippen LogP) is 2.86. The lowest BCUT2D eigenvalue weighted by atomic mass is 9.95. The van der Waals surface area contributed by atoms with Gasteiger partial charge in [0.05, 0.1) is 13.3 Å². The topological polar surface area (TPSA) is 68.5 Å². The SMILES string of the molecule is COc1ccccc1CNC(=O)c1cnn2c(C)c3c(nc12)CCCC3. The van der Waals surface area contributed by atoms with Crippen LogP contribution in [0.25, 0.3) is 5.65 Å². The quantitative estimate of drug-likeness (QED) is 0.786. The number of methoxy groups -OCH3 is 1. The molecule has 26 heavy (non-hydrogen) atoms. The van der Waals surface area contributed by atoms with Crippen molar-refractivity contribution in [3.05, 3.63) is 58.5 Å². The first-order valence-electron chi connectivity index (χ1n) is 8.95. The van der Waals surface area contributed by atoms with E-state index in [2.05, 4.69) is 17.3 Å². The number of carbonyl (C=O) groups is 1. The molecule has 2 heterocycles. The maximum absolute atomic E-state index is 12.7. The molecule has 1 N–H and O–H groups in total. The fourth-order valence-corrected chi connectivity index (χ4v) is 3.63. The molecular weight excluding hydrogens is 328 g/mol.